The van der Waals surface area contributed by atoms with Crippen molar-refractivity contribution < 1.29 is 4.39 Å². The lowest BCUT2D eigenvalue weighted by Crippen LogP contribution is -2.02. The average Bonchev–Trinajstić information content (AvgIpc) is 2.34. The molecular weight excluding hydrogens is 267 g/mol. The van der Waals surface area contributed by atoms with Gasteiger partial charge in [-0.3, -0.25) is 0 Å². The predicted octanol–water partition coefficient (Wildman–Crippen LogP) is 4.35. The Hall–Kier alpha value is -1.15. The van der Waals surface area contributed by atoms with Crippen LogP contribution in [0, 0.1) is 5.82 Å². The molecule has 0 aromatic heterocycles. The summed E-state index contributed by atoms with van der Waals surface area (Å²) in [6.45, 7) is 0. The van der Waals surface area contributed by atoms with Crippen molar-refractivity contribution in [2.24, 2.45) is 0 Å². The molecule has 82 valence electrons. The second-order valence-corrected chi connectivity index (χ2v) is 4.32. The predicted molar refractivity (Wildman–Crippen MR) is 68.5 cm³/mol. The van der Waals surface area contributed by atoms with Gasteiger partial charge in [0.2, 0.25) is 0 Å². The summed E-state index contributed by atoms with van der Waals surface area (Å²) in [5.74, 6) is 0.0898. The van der Waals surface area contributed by atoms with Gasteiger partial charge in [0.25, 0.3) is 0 Å². The molecule has 2 aromatic carbocycles. The third-order valence-electron chi connectivity index (χ3n) is 2.63. The lowest BCUT2D eigenvalue weighted by Gasteiger charge is -2.14. The van der Waals surface area contributed by atoms with E-state index in [2.05, 4.69) is 28.1 Å². The average molecular weight is 279 g/mol. The molecule has 0 aliphatic rings. The van der Waals surface area contributed by atoms with Gasteiger partial charge in [0.15, 0.2) is 0 Å². The van der Waals surface area contributed by atoms with E-state index in [0.717, 1.165) is 10.9 Å². The second kappa shape index (κ2) is 5.26. The Labute approximate surface area is 103 Å². The third kappa shape index (κ3) is 2.50. The number of hydrogen-bond acceptors (Lipinski definition) is 0. The first-order chi connectivity index (χ1) is 7.81. The Bertz CT molecular complexity index is 436. The van der Waals surface area contributed by atoms with Crippen molar-refractivity contribution >= 4 is 15.9 Å². The topological polar surface area (TPSA) is 0 Å². The van der Waals surface area contributed by atoms with E-state index in [4.69, 9.17) is 0 Å². The van der Waals surface area contributed by atoms with Gasteiger partial charge in [0, 0.05) is 11.2 Å². The molecule has 2 rings (SSSR count). The van der Waals surface area contributed by atoms with Crippen LogP contribution >= 0.6 is 15.9 Å². The first-order valence-corrected chi connectivity index (χ1v) is 6.30. The summed E-state index contributed by atoms with van der Waals surface area (Å²) >= 11 is 3.51. The van der Waals surface area contributed by atoms with Crippen LogP contribution < -0.4 is 0 Å². The molecule has 2 aromatic rings. The number of benzene rings is 2. The molecule has 0 saturated heterocycles. The Kier molecular flexibility index (Phi) is 3.73. The smallest absolute Gasteiger partial charge is 0.123 e. The summed E-state index contributed by atoms with van der Waals surface area (Å²) in [7, 11) is 0. The summed E-state index contributed by atoms with van der Waals surface area (Å²) in [5, 5.41) is 0.836. The van der Waals surface area contributed by atoms with Gasteiger partial charge in [-0.2, -0.15) is 0 Å². The molecule has 2 heteroatoms. The van der Waals surface area contributed by atoms with E-state index in [1.54, 1.807) is 0 Å². The lowest BCUT2D eigenvalue weighted by atomic mass is 9.93. The van der Waals surface area contributed by atoms with Gasteiger partial charge in [-0.05, 0) is 23.3 Å². The Morgan fingerprint density at radius 2 is 1.44 bits per heavy atom. The van der Waals surface area contributed by atoms with Crippen LogP contribution in [-0.2, 0) is 0 Å². The van der Waals surface area contributed by atoms with Gasteiger partial charge < -0.3 is 0 Å². The molecule has 0 aliphatic heterocycles. The quantitative estimate of drug-likeness (QED) is 0.733. The van der Waals surface area contributed by atoms with Crippen molar-refractivity contribution in [3.63, 3.8) is 0 Å². The van der Waals surface area contributed by atoms with Crippen molar-refractivity contribution in [2.75, 3.05) is 5.33 Å². The lowest BCUT2D eigenvalue weighted by molar-refractivity contribution is 0.626. The van der Waals surface area contributed by atoms with Gasteiger partial charge in [-0.1, -0.05) is 58.4 Å². The number of hydrogen-bond donors (Lipinski definition) is 0. The van der Waals surface area contributed by atoms with E-state index in [0.29, 0.717) is 0 Å². The molecule has 0 radical (unpaired) electrons. The van der Waals surface area contributed by atoms with E-state index < -0.39 is 0 Å². The second-order valence-electron chi connectivity index (χ2n) is 3.67. The van der Waals surface area contributed by atoms with Crippen LogP contribution in [0.4, 0.5) is 4.39 Å². The van der Waals surface area contributed by atoms with Crippen molar-refractivity contribution in [1.82, 2.24) is 0 Å². The maximum absolute atomic E-state index is 12.8. The number of rotatable bonds is 3. The highest BCUT2D eigenvalue weighted by atomic mass is 79.9. The van der Waals surface area contributed by atoms with Crippen molar-refractivity contribution in [3.05, 3.63) is 71.5 Å². The molecule has 0 bridgehead atoms. The van der Waals surface area contributed by atoms with Crippen molar-refractivity contribution in [1.29, 1.82) is 0 Å². The highest BCUT2D eigenvalue weighted by Gasteiger charge is 2.11. The maximum Gasteiger partial charge on any atom is 0.123 e. The molecule has 0 heterocycles. The molecule has 0 N–H and O–H groups in total. The molecule has 1 atom stereocenters. The zero-order valence-corrected chi connectivity index (χ0v) is 10.3. The summed E-state index contributed by atoms with van der Waals surface area (Å²) in [6, 6.07) is 16.9. The minimum atomic E-state index is -0.190. The molecule has 0 nitrogen and oxygen atoms in total. The highest BCUT2D eigenvalue weighted by Crippen LogP contribution is 2.26. The normalized spacial score (nSPS) is 12.4. The summed E-state index contributed by atoms with van der Waals surface area (Å²) < 4.78 is 12.8. The SMILES string of the molecule is Fc1ccc(C(CBr)c2ccccc2)cc1. The van der Waals surface area contributed by atoms with Gasteiger partial charge in [0.05, 0.1) is 0 Å². The van der Waals surface area contributed by atoms with E-state index in [-0.39, 0.29) is 11.7 Å². The molecule has 0 fully saturated rings. The molecule has 0 aliphatic carbocycles. The molecule has 0 amide bonds. The first kappa shape index (κ1) is 11.3. The standard InChI is InChI=1S/C14H12BrF/c15-10-14(11-4-2-1-3-5-11)12-6-8-13(16)9-7-12/h1-9,14H,10H2. The maximum atomic E-state index is 12.8. The van der Waals surface area contributed by atoms with Crippen LogP contribution in [0.5, 0.6) is 0 Å². The zero-order chi connectivity index (χ0) is 11.4. The summed E-state index contributed by atoms with van der Waals surface area (Å²) in [4.78, 5) is 0. The van der Waals surface area contributed by atoms with Gasteiger partial charge in [0.1, 0.15) is 5.82 Å². The van der Waals surface area contributed by atoms with Crippen LogP contribution in [0.1, 0.15) is 17.0 Å². The molecule has 0 spiro atoms. The van der Waals surface area contributed by atoms with E-state index >= 15 is 0 Å². The fourth-order valence-corrected chi connectivity index (χ4v) is 2.50. The summed E-state index contributed by atoms with van der Waals surface area (Å²) in [6.07, 6.45) is 0. The monoisotopic (exact) mass is 278 g/mol. The largest absolute Gasteiger partial charge is 0.207 e. The van der Waals surface area contributed by atoms with Crippen LogP contribution in [-0.4, -0.2) is 5.33 Å². The van der Waals surface area contributed by atoms with E-state index in [1.165, 1.54) is 17.7 Å². The molecule has 0 saturated carbocycles. The highest BCUT2D eigenvalue weighted by molar-refractivity contribution is 9.09. The van der Waals surface area contributed by atoms with E-state index in [1.807, 2.05) is 30.3 Å². The van der Waals surface area contributed by atoms with Gasteiger partial charge in [-0.25, -0.2) is 4.39 Å². The number of alkyl halides is 1. The minimum absolute atomic E-state index is 0.190. The fraction of sp³-hybridized carbons (Fsp3) is 0.143. The Balaban J connectivity index is 2.33. The molecule has 16 heavy (non-hydrogen) atoms. The van der Waals surface area contributed by atoms with Crippen LogP contribution in [0.2, 0.25) is 0 Å². The van der Waals surface area contributed by atoms with Crippen LogP contribution in [0.15, 0.2) is 54.6 Å². The molecular formula is C14H12BrF. The molecule has 1 unspecified atom stereocenters. The third-order valence-corrected chi connectivity index (χ3v) is 3.28. The van der Waals surface area contributed by atoms with Crippen molar-refractivity contribution in [2.45, 2.75) is 5.92 Å². The van der Waals surface area contributed by atoms with Crippen LogP contribution in [0.3, 0.4) is 0 Å². The first-order valence-electron chi connectivity index (χ1n) is 5.17. The van der Waals surface area contributed by atoms with Gasteiger partial charge >= 0.3 is 0 Å². The Morgan fingerprint density at radius 3 is 2.00 bits per heavy atom. The minimum Gasteiger partial charge on any atom is -0.207 e. The zero-order valence-electron chi connectivity index (χ0n) is 8.74. The summed E-state index contributed by atoms with van der Waals surface area (Å²) in [5.41, 5.74) is 2.37. The Morgan fingerprint density at radius 1 is 0.875 bits per heavy atom. The van der Waals surface area contributed by atoms with Crippen molar-refractivity contribution in [3.8, 4) is 0 Å². The van der Waals surface area contributed by atoms with Gasteiger partial charge in [-0.15, -0.1) is 0 Å². The fourth-order valence-electron chi connectivity index (χ4n) is 1.75. The number of halogens is 2. The van der Waals surface area contributed by atoms with E-state index in [9.17, 15) is 4.39 Å². The van der Waals surface area contributed by atoms with Crippen LogP contribution in [0.25, 0.3) is 0 Å².